The first kappa shape index (κ1) is 11.8. The Morgan fingerprint density at radius 2 is 1.67 bits per heavy atom. The van der Waals surface area contributed by atoms with Crippen LogP contribution in [0.2, 0.25) is 0 Å². The molecule has 0 aliphatic heterocycles. The SMILES string of the molecule is O=[Se](=O)([O-])Oc1ccccc1.[Ag+]. The molecule has 0 aliphatic rings. The second kappa shape index (κ2) is 4.77. The minimum atomic E-state index is -5.31. The van der Waals surface area contributed by atoms with Gasteiger partial charge in [0.15, 0.2) is 0 Å². The minimum absolute atomic E-state index is 0. The number of para-hydroxylation sites is 1. The van der Waals surface area contributed by atoms with E-state index in [9.17, 15) is 11.9 Å². The Morgan fingerprint density at radius 3 is 2.08 bits per heavy atom. The maximum absolute atomic E-state index is 10.1. The van der Waals surface area contributed by atoms with E-state index in [0.717, 1.165) is 0 Å². The molecule has 0 radical (unpaired) electrons. The summed E-state index contributed by atoms with van der Waals surface area (Å²) in [6, 6.07) is 7.66. The molecule has 1 aromatic rings. The molecule has 0 spiro atoms. The average Bonchev–Trinajstić information content (AvgIpc) is 1.85. The van der Waals surface area contributed by atoms with E-state index in [1.54, 1.807) is 18.2 Å². The second-order valence-corrected chi connectivity index (χ2v) is 3.87. The molecule has 12 heavy (non-hydrogen) atoms. The fourth-order valence-electron chi connectivity index (χ4n) is 0.594. The van der Waals surface area contributed by atoms with Crippen LogP contribution in [0.25, 0.3) is 0 Å². The number of benzene rings is 1. The monoisotopic (exact) mass is 328 g/mol. The van der Waals surface area contributed by atoms with Crippen molar-refractivity contribution in [2.24, 2.45) is 0 Å². The summed E-state index contributed by atoms with van der Waals surface area (Å²) in [5.74, 6) is 0.0625. The summed E-state index contributed by atoms with van der Waals surface area (Å²) >= 11 is -5.31. The molecule has 0 heterocycles. The largest absolute Gasteiger partial charge is 1.00 e. The summed E-state index contributed by atoms with van der Waals surface area (Å²) in [5, 5.41) is 0. The van der Waals surface area contributed by atoms with Crippen molar-refractivity contribution in [1.29, 1.82) is 0 Å². The molecule has 0 aliphatic carbocycles. The summed E-state index contributed by atoms with van der Waals surface area (Å²) in [4.78, 5) is 0. The predicted octanol–water partition coefficient (Wildman–Crippen LogP) is -0.280. The first-order valence-corrected chi connectivity index (χ1v) is 5.58. The van der Waals surface area contributed by atoms with Crippen LogP contribution in [0.1, 0.15) is 0 Å². The molecule has 0 amide bonds. The molecule has 1 aromatic carbocycles. The van der Waals surface area contributed by atoms with Crippen LogP contribution >= 0.6 is 0 Å². The van der Waals surface area contributed by atoms with Crippen LogP contribution in [0.4, 0.5) is 0 Å². The van der Waals surface area contributed by atoms with Crippen LogP contribution in [0, 0.1) is 0 Å². The van der Waals surface area contributed by atoms with Crippen LogP contribution in [-0.4, -0.2) is 13.4 Å². The van der Waals surface area contributed by atoms with E-state index < -0.39 is 13.4 Å². The molecule has 0 saturated heterocycles. The number of hydrogen-bond acceptors (Lipinski definition) is 4. The van der Waals surface area contributed by atoms with Crippen molar-refractivity contribution in [3.8, 4) is 5.75 Å². The van der Waals surface area contributed by atoms with Gasteiger partial charge in [0.2, 0.25) is 0 Å². The van der Waals surface area contributed by atoms with Gasteiger partial charge < -0.3 is 0 Å². The van der Waals surface area contributed by atoms with Crippen LogP contribution in [0.15, 0.2) is 30.3 Å². The van der Waals surface area contributed by atoms with Crippen molar-refractivity contribution < 1.29 is 38.1 Å². The van der Waals surface area contributed by atoms with Crippen molar-refractivity contribution in [2.75, 3.05) is 0 Å². The third-order valence-corrected chi connectivity index (χ3v) is 1.77. The topological polar surface area (TPSA) is 66.4 Å². The smallest absolute Gasteiger partial charge is 1.00 e. The summed E-state index contributed by atoms with van der Waals surface area (Å²) in [6.07, 6.45) is 0. The van der Waals surface area contributed by atoms with E-state index in [4.69, 9.17) is 0 Å². The van der Waals surface area contributed by atoms with Crippen LogP contribution < -0.4 is 8.01 Å². The molecule has 0 aromatic heterocycles. The summed E-state index contributed by atoms with van der Waals surface area (Å²) < 4.78 is 34.4. The van der Waals surface area contributed by atoms with E-state index in [0.29, 0.717) is 0 Å². The predicted molar refractivity (Wildman–Crippen MR) is 34.2 cm³/mol. The van der Waals surface area contributed by atoms with Crippen molar-refractivity contribution in [2.45, 2.75) is 0 Å². The molecule has 70 valence electrons. The third-order valence-electron chi connectivity index (χ3n) is 0.941. The van der Waals surface area contributed by atoms with E-state index >= 15 is 0 Å². The van der Waals surface area contributed by atoms with Gasteiger partial charge in [0.05, 0.1) is 0 Å². The number of hydrogen-bond donors (Lipinski definition) is 0. The van der Waals surface area contributed by atoms with Crippen molar-refractivity contribution >= 4 is 13.4 Å². The zero-order chi connectivity index (χ0) is 8.32. The Kier molecular flexibility index (Phi) is 4.70. The third kappa shape index (κ3) is 4.66. The standard InChI is InChI=1S/C6H6O4Se.Ag/c7-11(8,9)10-6-4-2-1-3-5-6;/h1-5H,(H,7,8,9);/q;+1/p-1. The Labute approximate surface area is 87.3 Å². The maximum Gasteiger partial charge on any atom is 1.00 e. The zero-order valence-corrected chi connectivity index (χ0v) is 8.92. The Morgan fingerprint density at radius 1 is 1.17 bits per heavy atom. The maximum atomic E-state index is 10.1. The number of rotatable bonds is 2. The summed E-state index contributed by atoms with van der Waals surface area (Å²) in [5.41, 5.74) is 0. The molecule has 0 fully saturated rings. The van der Waals surface area contributed by atoms with Crippen molar-refractivity contribution in [3.05, 3.63) is 30.3 Å². The molecule has 0 saturated carbocycles. The van der Waals surface area contributed by atoms with Gasteiger partial charge in [-0.15, -0.1) is 0 Å². The Hall–Kier alpha value is -0.160. The van der Waals surface area contributed by atoms with E-state index in [-0.39, 0.29) is 28.1 Å². The van der Waals surface area contributed by atoms with Crippen LogP contribution in [-0.2, 0) is 30.0 Å². The van der Waals surface area contributed by atoms with E-state index in [1.807, 2.05) is 0 Å². The van der Waals surface area contributed by atoms with Crippen LogP contribution in [0.5, 0.6) is 5.75 Å². The van der Waals surface area contributed by atoms with Crippen molar-refractivity contribution in [1.82, 2.24) is 0 Å². The molecule has 0 bridgehead atoms. The van der Waals surface area contributed by atoms with Gasteiger partial charge >= 0.3 is 87.5 Å². The van der Waals surface area contributed by atoms with Gasteiger partial charge in [-0.3, -0.25) is 0 Å². The van der Waals surface area contributed by atoms with Gasteiger partial charge in [-0.1, -0.05) is 0 Å². The van der Waals surface area contributed by atoms with E-state index in [1.165, 1.54) is 12.1 Å². The Bertz CT molecular complexity index is 321. The molecule has 0 atom stereocenters. The molecule has 6 heteroatoms. The molecular formula is C6H5AgO4Se. The Balaban J connectivity index is 0.00000121. The quantitative estimate of drug-likeness (QED) is 0.701. The summed E-state index contributed by atoms with van der Waals surface area (Å²) in [7, 11) is 0. The van der Waals surface area contributed by atoms with Crippen LogP contribution in [0.3, 0.4) is 0 Å². The minimum Gasteiger partial charge on any atom is 1.00 e. The molecular weight excluding hydrogens is 323 g/mol. The van der Waals surface area contributed by atoms with Gasteiger partial charge in [0.1, 0.15) is 0 Å². The van der Waals surface area contributed by atoms with Gasteiger partial charge in [-0.2, -0.15) is 0 Å². The molecule has 0 N–H and O–H groups in total. The van der Waals surface area contributed by atoms with Gasteiger partial charge in [0, 0.05) is 0 Å². The zero-order valence-electron chi connectivity index (χ0n) is 5.73. The first-order valence-electron chi connectivity index (χ1n) is 2.78. The van der Waals surface area contributed by atoms with E-state index in [2.05, 4.69) is 3.82 Å². The fraction of sp³-hybridized carbons (Fsp3) is 0. The summed E-state index contributed by atoms with van der Waals surface area (Å²) in [6.45, 7) is 0. The average molecular weight is 328 g/mol. The first-order chi connectivity index (χ1) is 5.08. The fourth-order valence-corrected chi connectivity index (χ4v) is 1.32. The van der Waals surface area contributed by atoms with Crippen molar-refractivity contribution in [3.63, 3.8) is 0 Å². The molecule has 4 nitrogen and oxygen atoms in total. The van der Waals surface area contributed by atoms with Gasteiger partial charge in [-0.05, 0) is 0 Å². The molecule has 1 rings (SSSR count). The second-order valence-electron chi connectivity index (χ2n) is 1.80. The normalized spacial score (nSPS) is 10.1. The van der Waals surface area contributed by atoms with Gasteiger partial charge in [-0.25, -0.2) is 0 Å². The van der Waals surface area contributed by atoms with Gasteiger partial charge in [0.25, 0.3) is 0 Å². The molecule has 0 unspecified atom stereocenters.